The van der Waals surface area contributed by atoms with Crippen LogP contribution in [0.4, 0.5) is 5.69 Å². The smallest absolute Gasteiger partial charge is 0.0604 e. The predicted octanol–water partition coefficient (Wildman–Crippen LogP) is 2.81. The average Bonchev–Trinajstić information content (AvgIpc) is 2.47. The number of para-hydroxylation sites is 1. The molecule has 110 valence electrons. The van der Waals surface area contributed by atoms with Gasteiger partial charge in [-0.3, -0.25) is 0 Å². The van der Waals surface area contributed by atoms with Crippen LogP contribution in [-0.4, -0.2) is 37.9 Å². The second-order valence-corrected chi connectivity index (χ2v) is 6.01. The van der Waals surface area contributed by atoms with Crippen molar-refractivity contribution in [3.05, 3.63) is 30.3 Å². The van der Waals surface area contributed by atoms with Gasteiger partial charge in [0.25, 0.3) is 0 Å². The van der Waals surface area contributed by atoms with Gasteiger partial charge < -0.3 is 15.0 Å². The number of nitrogens with zero attached hydrogens (tertiary/aromatic N) is 1. The first-order valence-electron chi connectivity index (χ1n) is 8.03. The Morgan fingerprint density at radius 3 is 2.45 bits per heavy atom. The summed E-state index contributed by atoms with van der Waals surface area (Å²) < 4.78 is 5.62. The molecule has 2 fully saturated rings. The molecule has 1 aliphatic heterocycles. The molecule has 1 heterocycles. The molecule has 1 saturated heterocycles. The van der Waals surface area contributed by atoms with Crippen molar-refractivity contribution in [3.8, 4) is 0 Å². The molecule has 2 aliphatic rings. The molecule has 0 aromatic heterocycles. The van der Waals surface area contributed by atoms with E-state index in [4.69, 9.17) is 4.74 Å². The van der Waals surface area contributed by atoms with Gasteiger partial charge in [-0.15, -0.1) is 0 Å². The SMILES string of the molecule is CCOC1CC(NC2CCN(c3ccccc3)CC2)C1. The van der Waals surface area contributed by atoms with Crippen LogP contribution >= 0.6 is 0 Å². The predicted molar refractivity (Wildman–Crippen MR) is 83.2 cm³/mol. The third-order valence-corrected chi connectivity index (χ3v) is 4.58. The summed E-state index contributed by atoms with van der Waals surface area (Å²) in [5.74, 6) is 0. The summed E-state index contributed by atoms with van der Waals surface area (Å²) in [6.45, 7) is 5.28. The Morgan fingerprint density at radius 2 is 1.80 bits per heavy atom. The number of nitrogens with one attached hydrogen (secondary N) is 1. The van der Waals surface area contributed by atoms with Gasteiger partial charge in [-0.1, -0.05) is 18.2 Å². The second kappa shape index (κ2) is 6.59. The van der Waals surface area contributed by atoms with Crippen LogP contribution in [0.15, 0.2) is 30.3 Å². The van der Waals surface area contributed by atoms with E-state index in [-0.39, 0.29) is 0 Å². The van der Waals surface area contributed by atoms with Crippen LogP contribution in [0.1, 0.15) is 32.6 Å². The van der Waals surface area contributed by atoms with Crippen LogP contribution < -0.4 is 10.2 Å². The minimum absolute atomic E-state index is 0.516. The molecule has 20 heavy (non-hydrogen) atoms. The summed E-state index contributed by atoms with van der Waals surface area (Å²) in [4.78, 5) is 2.50. The topological polar surface area (TPSA) is 24.5 Å². The lowest BCUT2D eigenvalue weighted by Crippen LogP contribution is -2.52. The fourth-order valence-corrected chi connectivity index (χ4v) is 3.35. The summed E-state index contributed by atoms with van der Waals surface area (Å²) >= 11 is 0. The molecular formula is C17H26N2O. The number of hydrogen-bond acceptors (Lipinski definition) is 3. The molecule has 0 spiro atoms. The van der Waals surface area contributed by atoms with Crippen molar-refractivity contribution in [1.82, 2.24) is 5.32 Å². The zero-order chi connectivity index (χ0) is 13.8. The lowest BCUT2D eigenvalue weighted by atomic mass is 9.87. The molecule has 3 nitrogen and oxygen atoms in total. The molecule has 3 rings (SSSR count). The zero-order valence-corrected chi connectivity index (χ0v) is 12.4. The van der Waals surface area contributed by atoms with Gasteiger partial charge in [-0.25, -0.2) is 0 Å². The maximum Gasteiger partial charge on any atom is 0.0604 e. The first-order chi connectivity index (χ1) is 9.85. The molecule has 1 saturated carbocycles. The molecule has 0 radical (unpaired) electrons. The lowest BCUT2D eigenvalue weighted by molar-refractivity contribution is -0.0130. The van der Waals surface area contributed by atoms with Crippen LogP contribution in [0.3, 0.4) is 0 Å². The summed E-state index contributed by atoms with van der Waals surface area (Å²) in [5, 5.41) is 3.81. The van der Waals surface area contributed by atoms with E-state index in [0.717, 1.165) is 6.61 Å². The number of anilines is 1. The van der Waals surface area contributed by atoms with E-state index >= 15 is 0 Å². The monoisotopic (exact) mass is 274 g/mol. The maximum absolute atomic E-state index is 5.62. The van der Waals surface area contributed by atoms with Crippen LogP contribution in [0.5, 0.6) is 0 Å². The molecule has 0 unspecified atom stereocenters. The molecule has 3 heteroatoms. The van der Waals surface area contributed by atoms with E-state index in [1.165, 1.54) is 44.5 Å². The third kappa shape index (κ3) is 3.33. The van der Waals surface area contributed by atoms with Gasteiger partial charge in [-0.05, 0) is 44.7 Å². The average molecular weight is 274 g/mol. The molecule has 1 aliphatic carbocycles. The standard InChI is InChI=1S/C17H26N2O/c1-2-20-17-12-15(13-17)18-14-8-10-19(11-9-14)16-6-4-3-5-7-16/h3-7,14-15,17-18H,2,8-13H2,1H3. The van der Waals surface area contributed by atoms with Crippen LogP contribution in [-0.2, 0) is 4.74 Å². The molecule has 1 aromatic rings. The number of benzene rings is 1. The quantitative estimate of drug-likeness (QED) is 0.893. The van der Waals surface area contributed by atoms with E-state index in [0.29, 0.717) is 18.2 Å². The minimum atomic E-state index is 0.516. The fourth-order valence-electron chi connectivity index (χ4n) is 3.35. The second-order valence-electron chi connectivity index (χ2n) is 6.01. The normalized spacial score (nSPS) is 27.4. The Bertz CT molecular complexity index is 395. The van der Waals surface area contributed by atoms with Gasteiger partial charge in [0, 0.05) is 37.5 Å². The largest absolute Gasteiger partial charge is 0.378 e. The van der Waals surface area contributed by atoms with Gasteiger partial charge in [0.05, 0.1) is 6.10 Å². The highest BCUT2D eigenvalue weighted by molar-refractivity contribution is 5.46. The highest BCUT2D eigenvalue weighted by atomic mass is 16.5. The summed E-state index contributed by atoms with van der Waals surface area (Å²) in [6.07, 6.45) is 5.43. The maximum atomic E-state index is 5.62. The van der Waals surface area contributed by atoms with Crippen molar-refractivity contribution in [3.63, 3.8) is 0 Å². The highest BCUT2D eigenvalue weighted by Crippen LogP contribution is 2.26. The Morgan fingerprint density at radius 1 is 1.10 bits per heavy atom. The summed E-state index contributed by atoms with van der Waals surface area (Å²) in [5.41, 5.74) is 1.37. The molecule has 0 atom stereocenters. The summed E-state index contributed by atoms with van der Waals surface area (Å²) in [7, 11) is 0. The van der Waals surface area contributed by atoms with Crippen LogP contribution in [0.25, 0.3) is 0 Å². The van der Waals surface area contributed by atoms with Crippen molar-refractivity contribution in [2.24, 2.45) is 0 Å². The van der Waals surface area contributed by atoms with E-state index in [1.54, 1.807) is 0 Å². The van der Waals surface area contributed by atoms with Crippen molar-refractivity contribution >= 4 is 5.69 Å². The van der Waals surface area contributed by atoms with Crippen LogP contribution in [0.2, 0.25) is 0 Å². The minimum Gasteiger partial charge on any atom is -0.378 e. The van der Waals surface area contributed by atoms with E-state index in [2.05, 4.69) is 47.5 Å². The zero-order valence-electron chi connectivity index (χ0n) is 12.4. The Hall–Kier alpha value is -1.06. The molecule has 1 N–H and O–H groups in total. The molecule has 1 aromatic carbocycles. The van der Waals surface area contributed by atoms with Gasteiger partial charge >= 0.3 is 0 Å². The summed E-state index contributed by atoms with van der Waals surface area (Å²) in [6, 6.07) is 12.2. The number of rotatable bonds is 5. The molecule has 0 bridgehead atoms. The number of hydrogen-bond donors (Lipinski definition) is 1. The van der Waals surface area contributed by atoms with Gasteiger partial charge in [0.2, 0.25) is 0 Å². The van der Waals surface area contributed by atoms with Crippen molar-refractivity contribution in [1.29, 1.82) is 0 Å². The Labute approximate surface area is 122 Å². The van der Waals surface area contributed by atoms with Gasteiger partial charge in [-0.2, -0.15) is 0 Å². The first-order valence-corrected chi connectivity index (χ1v) is 8.03. The number of ether oxygens (including phenoxy) is 1. The van der Waals surface area contributed by atoms with Crippen LogP contribution in [0, 0.1) is 0 Å². The fraction of sp³-hybridized carbons (Fsp3) is 0.647. The van der Waals surface area contributed by atoms with Gasteiger partial charge in [0.15, 0.2) is 0 Å². The lowest BCUT2D eigenvalue weighted by Gasteiger charge is -2.41. The van der Waals surface area contributed by atoms with E-state index < -0.39 is 0 Å². The Balaban J connectivity index is 1.39. The molecule has 0 amide bonds. The molecular weight excluding hydrogens is 248 g/mol. The van der Waals surface area contributed by atoms with Crippen molar-refractivity contribution < 1.29 is 4.74 Å². The first kappa shape index (κ1) is 13.9. The third-order valence-electron chi connectivity index (χ3n) is 4.58. The van der Waals surface area contributed by atoms with Gasteiger partial charge in [0.1, 0.15) is 0 Å². The van der Waals surface area contributed by atoms with E-state index in [9.17, 15) is 0 Å². The van der Waals surface area contributed by atoms with E-state index in [1.807, 2.05) is 0 Å². The highest BCUT2D eigenvalue weighted by Gasteiger charge is 2.31. The van der Waals surface area contributed by atoms with Crippen molar-refractivity contribution in [2.75, 3.05) is 24.6 Å². The number of piperidine rings is 1. The van der Waals surface area contributed by atoms with Crippen molar-refractivity contribution in [2.45, 2.75) is 50.8 Å². The Kier molecular flexibility index (Phi) is 4.58.